The maximum absolute atomic E-state index is 13.3. The minimum absolute atomic E-state index is 0.0971. The van der Waals surface area contributed by atoms with Gasteiger partial charge < -0.3 is 14.5 Å². The van der Waals surface area contributed by atoms with Crippen molar-refractivity contribution in [3.05, 3.63) is 17.6 Å². The van der Waals surface area contributed by atoms with Crippen molar-refractivity contribution in [2.75, 3.05) is 37.8 Å². The van der Waals surface area contributed by atoms with Crippen molar-refractivity contribution in [1.29, 1.82) is 0 Å². The van der Waals surface area contributed by atoms with E-state index >= 15 is 0 Å². The molecule has 24 heavy (non-hydrogen) atoms. The van der Waals surface area contributed by atoms with Gasteiger partial charge in [-0.2, -0.15) is 0 Å². The van der Waals surface area contributed by atoms with Crippen molar-refractivity contribution in [2.45, 2.75) is 45.1 Å². The molecule has 0 aromatic carbocycles. The highest BCUT2D eigenvalue weighted by Gasteiger charge is 2.32. The number of rotatable bonds is 2. The largest absolute Gasteiger partial charge is 0.444 e. The van der Waals surface area contributed by atoms with Crippen molar-refractivity contribution in [3.63, 3.8) is 0 Å². The number of amides is 1. The summed E-state index contributed by atoms with van der Waals surface area (Å²) in [5, 5.41) is 0. The Bertz CT molecular complexity index is 609. The molecule has 0 saturated carbocycles. The molecule has 0 bridgehead atoms. The standard InChI is InChI=1S/C17H25FN4O2/c1-17(2,3)24-16(23)22-8-6-21(7-9-22)15-14-12(10-18)4-5-13(14)19-11-20-15/h11-12H,4-10H2,1-3H3/t12-/m0/s1. The third kappa shape index (κ3) is 3.44. The minimum atomic E-state index is -0.490. The van der Waals surface area contributed by atoms with Crippen molar-refractivity contribution in [1.82, 2.24) is 14.9 Å². The van der Waals surface area contributed by atoms with Crippen LogP contribution < -0.4 is 4.90 Å². The van der Waals surface area contributed by atoms with E-state index in [1.54, 1.807) is 11.2 Å². The summed E-state index contributed by atoms with van der Waals surface area (Å²) in [5.41, 5.74) is 1.44. The van der Waals surface area contributed by atoms with Crippen LogP contribution in [-0.4, -0.2) is 59.4 Å². The molecule has 1 amide bonds. The van der Waals surface area contributed by atoms with E-state index in [1.165, 1.54) is 0 Å². The number of aryl methyl sites for hydroxylation is 1. The van der Waals surface area contributed by atoms with E-state index in [9.17, 15) is 9.18 Å². The summed E-state index contributed by atoms with van der Waals surface area (Å²) < 4.78 is 18.7. The third-order valence-corrected chi connectivity index (χ3v) is 4.50. The summed E-state index contributed by atoms with van der Waals surface area (Å²) in [4.78, 5) is 24.7. The molecule has 1 atom stereocenters. The van der Waals surface area contributed by atoms with Crippen LogP contribution in [0.1, 0.15) is 44.4 Å². The molecule has 0 radical (unpaired) electrons. The summed E-state index contributed by atoms with van der Waals surface area (Å²) in [6, 6.07) is 0. The Kier molecular flexibility index (Phi) is 4.60. The number of aromatic nitrogens is 2. The van der Waals surface area contributed by atoms with E-state index in [-0.39, 0.29) is 18.7 Å². The molecule has 2 heterocycles. The number of fused-ring (bicyclic) bond motifs is 1. The molecule has 132 valence electrons. The molecule has 1 aliphatic carbocycles. The SMILES string of the molecule is CC(C)(C)OC(=O)N1CCN(c2ncnc3c2[C@H](CF)CC3)CC1. The molecule has 2 aliphatic rings. The van der Waals surface area contributed by atoms with Gasteiger partial charge in [0.2, 0.25) is 0 Å². The summed E-state index contributed by atoms with van der Waals surface area (Å²) in [7, 11) is 0. The predicted octanol–water partition coefficient (Wildman–Crippen LogP) is 2.53. The maximum atomic E-state index is 13.3. The van der Waals surface area contributed by atoms with Gasteiger partial charge in [-0.25, -0.2) is 14.8 Å². The molecule has 0 unspecified atom stereocenters. The van der Waals surface area contributed by atoms with Crippen LogP contribution in [0, 0.1) is 0 Å². The molecular formula is C17H25FN4O2. The van der Waals surface area contributed by atoms with Gasteiger partial charge in [0.25, 0.3) is 0 Å². The van der Waals surface area contributed by atoms with E-state index in [2.05, 4.69) is 14.9 Å². The molecule has 1 fully saturated rings. The van der Waals surface area contributed by atoms with Crippen LogP contribution in [0.3, 0.4) is 0 Å². The Morgan fingerprint density at radius 3 is 2.62 bits per heavy atom. The van der Waals surface area contributed by atoms with Gasteiger partial charge in [-0.3, -0.25) is 4.39 Å². The molecule has 1 saturated heterocycles. The van der Waals surface area contributed by atoms with Gasteiger partial charge in [0.05, 0.1) is 6.67 Å². The van der Waals surface area contributed by atoms with Crippen LogP contribution in [0.25, 0.3) is 0 Å². The third-order valence-electron chi connectivity index (χ3n) is 4.50. The highest BCUT2D eigenvalue weighted by atomic mass is 19.1. The summed E-state index contributed by atoms with van der Waals surface area (Å²) in [6.45, 7) is 7.71. The summed E-state index contributed by atoms with van der Waals surface area (Å²) in [6.07, 6.45) is 2.90. The second-order valence-corrected chi connectivity index (χ2v) is 7.40. The Morgan fingerprint density at radius 2 is 2.00 bits per heavy atom. The number of alkyl halides is 1. The van der Waals surface area contributed by atoms with Crippen LogP contribution in [0.5, 0.6) is 0 Å². The average Bonchev–Trinajstić information content (AvgIpc) is 2.96. The zero-order valence-corrected chi connectivity index (χ0v) is 14.6. The quantitative estimate of drug-likeness (QED) is 0.831. The normalized spacial score (nSPS) is 20.9. The lowest BCUT2D eigenvalue weighted by Crippen LogP contribution is -2.50. The molecule has 3 rings (SSSR count). The molecule has 0 spiro atoms. The molecule has 1 aliphatic heterocycles. The van der Waals surface area contributed by atoms with E-state index in [1.807, 2.05) is 20.8 Å². The van der Waals surface area contributed by atoms with Crippen LogP contribution >= 0.6 is 0 Å². The van der Waals surface area contributed by atoms with Crippen LogP contribution in [0.2, 0.25) is 0 Å². The van der Waals surface area contributed by atoms with E-state index in [4.69, 9.17) is 4.74 Å². The number of anilines is 1. The lowest BCUT2D eigenvalue weighted by molar-refractivity contribution is 0.0240. The molecule has 7 heteroatoms. The Morgan fingerprint density at radius 1 is 1.29 bits per heavy atom. The Hall–Kier alpha value is -1.92. The number of carbonyl (C=O) groups is 1. The number of hydrogen-bond donors (Lipinski definition) is 0. The highest BCUT2D eigenvalue weighted by Crippen LogP contribution is 2.37. The lowest BCUT2D eigenvalue weighted by atomic mass is 10.0. The number of carbonyl (C=O) groups excluding carboxylic acids is 1. The number of piperazine rings is 1. The zero-order valence-electron chi connectivity index (χ0n) is 14.6. The number of nitrogens with zero attached hydrogens (tertiary/aromatic N) is 4. The topological polar surface area (TPSA) is 58.6 Å². The second-order valence-electron chi connectivity index (χ2n) is 7.40. The number of hydrogen-bond acceptors (Lipinski definition) is 5. The smallest absolute Gasteiger partial charge is 0.410 e. The number of halogens is 1. The van der Waals surface area contributed by atoms with Gasteiger partial charge in [0.15, 0.2) is 0 Å². The Balaban J connectivity index is 1.68. The van der Waals surface area contributed by atoms with Gasteiger partial charge >= 0.3 is 6.09 Å². The van der Waals surface area contributed by atoms with Crippen molar-refractivity contribution < 1.29 is 13.9 Å². The van der Waals surface area contributed by atoms with Gasteiger partial charge in [0, 0.05) is 43.4 Å². The van der Waals surface area contributed by atoms with E-state index in [0.717, 1.165) is 29.9 Å². The maximum Gasteiger partial charge on any atom is 0.410 e. The monoisotopic (exact) mass is 336 g/mol. The molecule has 6 nitrogen and oxygen atoms in total. The summed E-state index contributed by atoms with van der Waals surface area (Å²) >= 11 is 0. The zero-order chi connectivity index (χ0) is 17.3. The van der Waals surface area contributed by atoms with Gasteiger partial charge in [0.1, 0.15) is 17.7 Å². The predicted molar refractivity (Wildman–Crippen MR) is 89.1 cm³/mol. The fourth-order valence-electron chi connectivity index (χ4n) is 3.33. The minimum Gasteiger partial charge on any atom is -0.444 e. The van der Waals surface area contributed by atoms with Crippen molar-refractivity contribution in [2.24, 2.45) is 0 Å². The molecule has 0 N–H and O–H groups in total. The van der Waals surface area contributed by atoms with Crippen LogP contribution in [0.4, 0.5) is 15.0 Å². The fourth-order valence-corrected chi connectivity index (χ4v) is 3.33. The lowest BCUT2D eigenvalue weighted by Gasteiger charge is -2.37. The molecule has 1 aromatic rings. The average molecular weight is 336 g/mol. The second kappa shape index (κ2) is 6.53. The van der Waals surface area contributed by atoms with Crippen molar-refractivity contribution >= 4 is 11.9 Å². The number of ether oxygens (including phenoxy) is 1. The first-order chi connectivity index (χ1) is 11.4. The first-order valence-electron chi connectivity index (χ1n) is 8.51. The van der Waals surface area contributed by atoms with E-state index in [0.29, 0.717) is 26.2 Å². The first kappa shape index (κ1) is 16.9. The first-order valence-corrected chi connectivity index (χ1v) is 8.51. The van der Waals surface area contributed by atoms with Gasteiger partial charge in [-0.1, -0.05) is 0 Å². The molecule has 1 aromatic heterocycles. The van der Waals surface area contributed by atoms with Crippen molar-refractivity contribution in [3.8, 4) is 0 Å². The molecular weight excluding hydrogens is 311 g/mol. The summed E-state index contributed by atoms with van der Waals surface area (Å²) in [5.74, 6) is 0.740. The fraction of sp³-hybridized carbons (Fsp3) is 0.706. The van der Waals surface area contributed by atoms with Gasteiger partial charge in [-0.05, 0) is 33.6 Å². The Labute approximate surface area is 142 Å². The van der Waals surface area contributed by atoms with Crippen LogP contribution in [-0.2, 0) is 11.2 Å². The van der Waals surface area contributed by atoms with Crippen LogP contribution in [0.15, 0.2) is 6.33 Å². The van der Waals surface area contributed by atoms with Gasteiger partial charge in [-0.15, -0.1) is 0 Å². The highest BCUT2D eigenvalue weighted by molar-refractivity contribution is 5.68. The van der Waals surface area contributed by atoms with E-state index < -0.39 is 5.60 Å².